The maximum Gasteiger partial charge on any atom is 0.270 e. The Balaban J connectivity index is 1.77. The third-order valence-corrected chi connectivity index (χ3v) is 4.48. The van der Waals surface area contributed by atoms with E-state index in [0.29, 0.717) is 16.6 Å². The first kappa shape index (κ1) is 19.6. The molecule has 10 heteroatoms. The van der Waals surface area contributed by atoms with Gasteiger partial charge < -0.3 is 0 Å². The maximum atomic E-state index is 13.2. The summed E-state index contributed by atoms with van der Waals surface area (Å²) >= 11 is 0. The van der Waals surface area contributed by atoms with Gasteiger partial charge in [-0.05, 0) is 35.9 Å². The van der Waals surface area contributed by atoms with Gasteiger partial charge in [-0.2, -0.15) is 0 Å². The number of para-hydroxylation sites is 2. The summed E-state index contributed by atoms with van der Waals surface area (Å²) in [5, 5.41) is 21.9. The number of hydrogen-bond donors (Lipinski definition) is 0. The van der Waals surface area contributed by atoms with Gasteiger partial charge in [0.05, 0.1) is 20.9 Å². The Labute approximate surface area is 174 Å². The van der Waals surface area contributed by atoms with Gasteiger partial charge in [0.1, 0.15) is 0 Å². The highest BCUT2D eigenvalue weighted by Crippen LogP contribution is 2.24. The summed E-state index contributed by atoms with van der Waals surface area (Å²) in [7, 11) is 0. The number of benzene rings is 3. The maximum absolute atomic E-state index is 13.2. The Bertz CT molecular complexity index is 1360. The van der Waals surface area contributed by atoms with E-state index in [2.05, 4.69) is 9.98 Å². The summed E-state index contributed by atoms with van der Waals surface area (Å²) in [4.78, 5) is 42.7. The largest absolute Gasteiger partial charge is 0.270 e. The molecule has 31 heavy (non-hydrogen) atoms. The number of aliphatic imine (C=N–C) groups is 1. The van der Waals surface area contributed by atoms with Crippen LogP contribution in [0.5, 0.6) is 0 Å². The number of nitro groups is 2. The number of nitrogens with zero attached hydrogens (tertiary/aromatic N) is 5. The fourth-order valence-corrected chi connectivity index (χ4v) is 3.00. The van der Waals surface area contributed by atoms with Crippen molar-refractivity contribution in [3.63, 3.8) is 0 Å². The fraction of sp³-hybridized carbons (Fsp3) is 0. The molecule has 0 unspecified atom stereocenters. The SMILES string of the molecule is O=C(c1cccc([N+](=O)[O-])c1)n1c(/N=C/c2ccc([N+](=O)[O-])cc2)nc2ccccc21. The van der Waals surface area contributed by atoms with Gasteiger partial charge in [-0.15, -0.1) is 0 Å². The Morgan fingerprint density at radius 3 is 2.32 bits per heavy atom. The Morgan fingerprint density at radius 1 is 0.903 bits per heavy atom. The minimum absolute atomic E-state index is 0.0507. The third kappa shape index (κ3) is 3.90. The summed E-state index contributed by atoms with van der Waals surface area (Å²) in [6, 6.07) is 18.1. The molecule has 0 saturated heterocycles. The molecule has 1 aromatic heterocycles. The van der Waals surface area contributed by atoms with E-state index in [1.165, 1.54) is 59.3 Å². The van der Waals surface area contributed by atoms with Crippen molar-refractivity contribution in [3.8, 4) is 0 Å². The molecular weight excluding hydrogens is 402 g/mol. The highest BCUT2D eigenvalue weighted by atomic mass is 16.6. The number of rotatable bonds is 5. The molecular formula is C21H13N5O5. The van der Waals surface area contributed by atoms with Crippen LogP contribution in [0.15, 0.2) is 77.8 Å². The second-order valence-corrected chi connectivity index (χ2v) is 6.46. The number of hydrogen-bond acceptors (Lipinski definition) is 7. The smallest absolute Gasteiger partial charge is 0.268 e. The summed E-state index contributed by atoms with van der Waals surface area (Å²) < 4.78 is 1.27. The van der Waals surface area contributed by atoms with Gasteiger partial charge in [0.25, 0.3) is 17.3 Å². The van der Waals surface area contributed by atoms with E-state index in [1.54, 1.807) is 24.3 Å². The summed E-state index contributed by atoms with van der Waals surface area (Å²) in [6.07, 6.45) is 1.43. The molecule has 0 bridgehead atoms. The zero-order valence-corrected chi connectivity index (χ0v) is 15.8. The van der Waals surface area contributed by atoms with Crippen LogP contribution in [0.3, 0.4) is 0 Å². The van der Waals surface area contributed by atoms with Gasteiger partial charge in [-0.3, -0.25) is 25.0 Å². The minimum atomic E-state index is -0.573. The van der Waals surface area contributed by atoms with Crippen molar-refractivity contribution in [3.05, 3.63) is 104 Å². The number of non-ortho nitro benzene ring substituents is 2. The summed E-state index contributed by atoms with van der Waals surface area (Å²) in [5.74, 6) is -0.440. The zero-order valence-electron chi connectivity index (χ0n) is 15.8. The van der Waals surface area contributed by atoms with Crippen LogP contribution in [0.25, 0.3) is 11.0 Å². The van der Waals surface area contributed by atoms with Gasteiger partial charge in [-0.25, -0.2) is 14.5 Å². The van der Waals surface area contributed by atoms with Crippen molar-refractivity contribution in [2.75, 3.05) is 0 Å². The second-order valence-electron chi connectivity index (χ2n) is 6.46. The van der Waals surface area contributed by atoms with Gasteiger partial charge >= 0.3 is 0 Å². The molecule has 10 nitrogen and oxygen atoms in total. The number of aromatic nitrogens is 2. The molecule has 4 rings (SSSR count). The first-order valence-corrected chi connectivity index (χ1v) is 8.99. The molecule has 1 heterocycles. The molecule has 0 amide bonds. The van der Waals surface area contributed by atoms with Crippen molar-refractivity contribution < 1.29 is 14.6 Å². The van der Waals surface area contributed by atoms with E-state index in [0.717, 1.165) is 0 Å². The van der Waals surface area contributed by atoms with Crippen molar-refractivity contribution in [1.29, 1.82) is 0 Å². The highest BCUT2D eigenvalue weighted by molar-refractivity contribution is 6.04. The van der Waals surface area contributed by atoms with Crippen LogP contribution in [0.4, 0.5) is 17.3 Å². The Kier molecular flexibility index (Phi) is 5.02. The predicted molar refractivity (Wildman–Crippen MR) is 113 cm³/mol. The molecule has 0 aliphatic rings. The van der Waals surface area contributed by atoms with E-state index >= 15 is 0 Å². The van der Waals surface area contributed by atoms with Gasteiger partial charge in [0.15, 0.2) is 0 Å². The molecule has 0 atom stereocenters. The molecule has 3 aromatic carbocycles. The minimum Gasteiger partial charge on any atom is -0.268 e. The lowest BCUT2D eigenvalue weighted by molar-refractivity contribution is -0.385. The molecule has 0 aliphatic carbocycles. The zero-order chi connectivity index (χ0) is 22.0. The fourth-order valence-electron chi connectivity index (χ4n) is 3.00. The van der Waals surface area contributed by atoms with Crippen LogP contribution in [0.1, 0.15) is 15.9 Å². The van der Waals surface area contributed by atoms with E-state index in [4.69, 9.17) is 0 Å². The Morgan fingerprint density at radius 2 is 1.61 bits per heavy atom. The van der Waals surface area contributed by atoms with E-state index in [-0.39, 0.29) is 22.9 Å². The van der Waals surface area contributed by atoms with Crippen LogP contribution < -0.4 is 0 Å². The Hall–Kier alpha value is -4.73. The van der Waals surface area contributed by atoms with Gasteiger partial charge in [0, 0.05) is 36.0 Å². The molecule has 0 fully saturated rings. The average molecular weight is 415 g/mol. The van der Waals surface area contributed by atoms with Gasteiger partial charge in [-0.1, -0.05) is 18.2 Å². The lowest BCUT2D eigenvalue weighted by Gasteiger charge is -2.05. The number of fused-ring (bicyclic) bond motifs is 1. The van der Waals surface area contributed by atoms with Crippen molar-refractivity contribution in [1.82, 2.24) is 9.55 Å². The van der Waals surface area contributed by atoms with Crippen molar-refractivity contribution in [2.45, 2.75) is 0 Å². The predicted octanol–water partition coefficient (Wildman–Crippen LogP) is 4.29. The van der Waals surface area contributed by atoms with Crippen molar-refractivity contribution in [2.24, 2.45) is 4.99 Å². The lowest BCUT2D eigenvalue weighted by Crippen LogP contribution is -2.12. The van der Waals surface area contributed by atoms with E-state index in [9.17, 15) is 25.0 Å². The number of carbonyl (C=O) groups is 1. The quantitative estimate of drug-likeness (QED) is 0.271. The standard InChI is InChI=1S/C21H13N5O5/c27-20(15-4-3-5-17(12-15)26(30)31)24-19-7-2-1-6-18(19)23-21(24)22-13-14-8-10-16(11-9-14)25(28)29/h1-13H/b22-13+. The molecule has 0 aliphatic heterocycles. The van der Waals surface area contributed by atoms with Crippen molar-refractivity contribution >= 4 is 40.5 Å². The van der Waals surface area contributed by atoms with Crippen LogP contribution in [-0.2, 0) is 0 Å². The van der Waals surface area contributed by atoms with Crippen LogP contribution in [0.2, 0.25) is 0 Å². The monoisotopic (exact) mass is 415 g/mol. The molecule has 4 aromatic rings. The number of nitro benzene ring substituents is 2. The van der Waals surface area contributed by atoms with E-state index in [1.807, 2.05) is 0 Å². The van der Waals surface area contributed by atoms with Crippen LogP contribution in [-0.4, -0.2) is 31.5 Å². The first-order valence-electron chi connectivity index (χ1n) is 8.99. The molecule has 0 saturated carbocycles. The lowest BCUT2D eigenvalue weighted by atomic mass is 10.2. The normalized spacial score (nSPS) is 11.1. The topological polar surface area (TPSA) is 134 Å². The molecule has 0 N–H and O–H groups in total. The third-order valence-electron chi connectivity index (χ3n) is 4.48. The van der Waals surface area contributed by atoms with Crippen LogP contribution >= 0.6 is 0 Å². The van der Waals surface area contributed by atoms with Gasteiger partial charge in [0.2, 0.25) is 5.95 Å². The average Bonchev–Trinajstić information content (AvgIpc) is 3.16. The van der Waals surface area contributed by atoms with E-state index < -0.39 is 15.8 Å². The molecule has 0 radical (unpaired) electrons. The summed E-state index contributed by atoms with van der Waals surface area (Å²) in [5.41, 5.74) is 1.46. The number of imidazole rings is 1. The molecule has 152 valence electrons. The van der Waals surface area contributed by atoms with Crippen LogP contribution in [0, 0.1) is 20.2 Å². The second kappa shape index (κ2) is 7.95. The summed E-state index contributed by atoms with van der Waals surface area (Å²) in [6.45, 7) is 0. The number of carbonyl (C=O) groups excluding carboxylic acids is 1. The highest BCUT2D eigenvalue weighted by Gasteiger charge is 2.19. The molecule has 0 spiro atoms. The first-order chi connectivity index (χ1) is 14.9.